The Morgan fingerprint density at radius 3 is 3.00 bits per heavy atom. The summed E-state index contributed by atoms with van der Waals surface area (Å²) in [6, 6.07) is 5.50. The Labute approximate surface area is 96.9 Å². The number of anilines is 1. The Morgan fingerprint density at radius 1 is 1.56 bits per heavy atom. The van der Waals surface area contributed by atoms with Crippen LogP contribution in [0.5, 0.6) is 0 Å². The first-order chi connectivity index (χ1) is 7.56. The third-order valence-electron chi connectivity index (χ3n) is 2.14. The van der Waals surface area contributed by atoms with Crippen LogP contribution in [0.3, 0.4) is 0 Å². The van der Waals surface area contributed by atoms with Gasteiger partial charge in [0.2, 0.25) is 0 Å². The number of nitrogens with zero attached hydrogens (tertiary/aromatic N) is 1. The van der Waals surface area contributed by atoms with E-state index in [9.17, 15) is 4.79 Å². The molecule has 1 aromatic heterocycles. The molecule has 0 saturated carbocycles. The molecule has 1 unspecified atom stereocenters. The summed E-state index contributed by atoms with van der Waals surface area (Å²) >= 11 is 1.58. The van der Waals surface area contributed by atoms with E-state index >= 15 is 0 Å². The van der Waals surface area contributed by atoms with Gasteiger partial charge in [-0.15, -0.1) is 11.3 Å². The van der Waals surface area contributed by atoms with Crippen molar-refractivity contribution in [3.63, 3.8) is 0 Å². The van der Waals surface area contributed by atoms with Crippen molar-refractivity contribution in [1.29, 1.82) is 0 Å². The Hall–Kier alpha value is -1.46. The van der Waals surface area contributed by atoms with Gasteiger partial charge in [0.15, 0.2) is 0 Å². The monoisotopic (exact) mass is 236 g/mol. The lowest BCUT2D eigenvalue weighted by atomic mass is 10.3. The molecule has 1 amide bonds. The lowest BCUT2D eigenvalue weighted by molar-refractivity contribution is -0.123. The Balaban J connectivity index is 2.29. The van der Waals surface area contributed by atoms with Crippen molar-refractivity contribution in [2.45, 2.75) is 20.0 Å². The first kappa shape index (κ1) is 11.0. The van der Waals surface area contributed by atoms with Gasteiger partial charge < -0.3 is 10.4 Å². The average Bonchev–Trinajstić information content (AvgIpc) is 2.57. The number of nitrogens with one attached hydrogen (secondary N) is 1. The molecule has 0 spiro atoms. The number of aliphatic hydroxyl groups is 1. The number of aromatic nitrogens is 1. The van der Waals surface area contributed by atoms with Gasteiger partial charge >= 0.3 is 0 Å². The van der Waals surface area contributed by atoms with Gasteiger partial charge in [-0.3, -0.25) is 4.79 Å². The summed E-state index contributed by atoms with van der Waals surface area (Å²) in [6.45, 7) is 3.38. The van der Waals surface area contributed by atoms with Crippen LogP contribution in [0.2, 0.25) is 0 Å². The maximum atomic E-state index is 11.3. The van der Waals surface area contributed by atoms with Crippen LogP contribution in [-0.4, -0.2) is 22.1 Å². The zero-order valence-corrected chi connectivity index (χ0v) is 9.84. The lowest BCUT2D eigenvalue weighted by Crippen LogP contribution is -2.24. The molecule has 2 N–H and O–H groups in total. The van der Waals surface area contributed by atoms with Gasteiger partial charge in [-0.25, -0.2) is 4.98 Å². The highest BCUT2D eigenvalue weighted by atomic mass is 32.1. The number of carbonyl (C=O) groups excluding carboxylic acids is 1. The molecule has 1 atom stereocenters. The number of carbonyl (C=O) groups is 1. The second-order valence-electron chi connectivity index (χ2n) is 3.58. The van der Waals surface area contributed by atoms with Crippen molar-refractivity contribution in [1.82, 2.24) is 4.98 Å². The van der Waals surface area contributed by atoms with Crippen LogP contribution >= 0.6 is 11.3 Å². The van der Waals surface area contributed by atoms with Crippen molar-refractivity contribution >= 4 is 33.1 Å². The third kappa shape index (κ3) is 2.20. The molecular weight excluding hydrogens is 224 g/mol. The van der Waals surface area contributed by atoms with E-state index in [4.69, 9.17) is 5.11 Å². The number of aliphatic hydroxyl groups excluding tert-OH is 1. The third-order valence-corrected chi connectivity index (χ3v) is 3.08. The maximum absolute atomic E-state index is 11.3. The number of aryl methyl sites for hydroxylation is 1. The zero-order valence-electron chi connectivity index (χ0n) is 9.02. The molecule has 4 nitrogen and oxygen atoms in total. The smallest absolute Gasteiger partial charge is 0.252 e. The number of hydrogen-bond acceptors (Lipinski definition) is 4. The number of thiazole rings is 1. The van der Waals surface area contributed by atoms with Crippen molar-refractivity contribution in [2.24, 2.45) is 0 Å². The normalized spacial score (nSPS) is 12.7. The fourth-order valence-electron chi connectivity index (χ4n) is 1.36. The molecular formula is C11H12N2O2S. The van der Waals surface area contributed by atoms with E-state index in [1.165, 1.54) is 6.92 Å². The molecule has 0 saturated heterocycles. The second-order valence-corrected chi connectivity index (χ2v) is 4.82. The second kappa shape index (κ2) is 4.19. The molecule has 2 aromatic rings. The number of hydrogen-bond donors (Lipinski definition) is 2. The molecule has 16 heavy (non-hydrogen) atoms. The summed E-state index contributed by atoms with van der Waals surface area (Å²) in [5.74, 6) is -0.402. The van der Waals surface area contributed by atoms with Gasteiger partial charge in [0, 0.05) is 5.69 Å². The van der Waals surface area contributed by atoms with Crippen LogP contribution in [0, 0.1) is 6.92 Å². The van der Waals surface area contributed by atoms with E-state index in [1.54, 1.807) is 17.4 Å². The largest absolute Gasteiger partial charge is 0.384 e. The van der Waals surface area contributed by atoms with Crippen molar-refractivity contribution in [3.05, 3.63) is 23.2 Å². The highest BCUT2D eigenvalue weighted by Gasteiger charge is 2.09. The highest BCUT2D eigenvalue weighted by Crippen LogP contribution is 2.24. The van der Waals surface area contributed by atoms with Crippen LogP contribution < -0.4 is 5.32 Å². The minimum absolute atomic E-state index is 0.402. The first-order valence-electron chi connectivity index (χ1n) is 4.92. The lowest BCUT2D eigenvalue weighted by Gasteiger charge is -2.06. The van der Waals surface area contributed by atoms with Gasteiger partial charge in [-0.2, -0.15) is 0 Å². The Morgan fingerprint density at radius 2 is 2.31 bits per heavy atom. The standard InChI is InChI=1S/C11H12N2O2S/c1-6(14)11(15)13-8-3-4-9-10(5-8)16-7(2)12-9/h3-6,14H,1-2H3,(H,13,15). The Kier molecular flexibility index (Phi) is 2.89. The molecule has 0 aliphatic carbocycles. The van der Waals surface area contributed by atoms with Crippen LogP contribution in [0.15, 0.2) is 18.2 Å². The molecule has 0 radical (unpaired) electrons. The van der Waals surface area contributed by atoms with Crippen LogP contribution in [0.1, 0.15) is 11.9 Å². The summed E-state index contributed by atoms with van der Waals surface area (Å²) in [4.78, 5) is 15.6. The van der Waals surface area contributed by atoms with Crippen LogP contribution in [0.4, 0.5) is 5.69 Å². The molecule has 1 aromatic carbocycles. The molecule has 1 heterocycles. The number of fused-ring (bicyclic) bond motifs is 1. The van der Waals surface area contributed by atoms with Crippen molar-refractivity contribution < 1.29 is 9.90 Å². The molecule has 0 aliphatic heterocycles. The van der Waals surface area contributed by atoms with E-state index in [2.05, 4.69) is 10.3 Å². The maximum Gasteiger partial charge on any atom is 0.252 e. The van der Waals surface area contributed by atoms with E-state index in [0.29, 0.717) is 5.69 Å². The predicted molar refractivity (Wildman–Crippen MR) is 64.7 cm³/mol. The summed E-state index contributed by atoms with van der Waals surface area (Å²) in [5, 5.41) is 12.7. The average molecular weight is 236 g/mol. The fraction of sp³-hybridized carbons (Fsp3) is 0.273. The molecule has 0 aliphatic rings. The highest BCUT2D eigenvalue weighted by molar-refractivity contribution is 7.18. The molecule has 5 heteroatoms. The van der Waals surface area contributed by atoms with Gasteiger partial charge in [0.1, 0.15) is 6.10 Å². The first-order valence-corrected chi connectivity index (χ1v) is 5.74. The molecule has 0 fully saturated rings. The van der Waals surface area contributed by atoms with Gasteiger partial charge in [-0.05, 0) is 32.0 Å². The topological polar surface area (TPSA) is 62.2 Å². The summed E-state index contributed by atoms with van der Waals surface area (Å²) in [7, 11) is 0. The molecule has 2 rings (SSSR count). The van der Waals surface area contributed by atoms with E-state index in [1.807, 2.05) is 19.1 Å². The van der Waals surface area contributed by atoms with Gasteiger partial charge in [-0.1, -0.05) is 0 Å². The molecule has 0 bridgehead atoms. The SMILES string of the molecule is Cc1nc2ccc(NC(=O)C(C)O)cc2s1. The van der Waals surface area contributed by atoms with E-state index in [0.717, 1.165) is 15.2 Å². The zero-order chi connectivity index (χ0) is 11.7. The fourth-order valence-corrected chi connectivity index (χ4v) is 2.23. The number of benzene rings is 1. The summed E-state index contributed by atoms with van der Waals surface area (Å²) in [6.07, 6.45) is -1.00. The summed E-state index contributed by atoms with van der Waals surface area (Å²) < 4.78 is 1.03. The Bertz CT molecular complexity index is 534. The summed E-state index contributed by atoms with van der Waals surface area (Å²) in [5.41, 5.74) is 1.61. The predicted octanol–water partition coefficient (Wildman–Crippen LogP) is 1.92. The van der Waals surface area contributed by atoms with Crippen LogP contribution in [0.25, 0.3) is 10.2 Å². The quantitative estimate of drug-likeness (QED) is 0.837. The number of amides is 1. The van der Waals surface area contributed by atoms with Crippen LogP contribution in [-0.2, 0) is 4.79 Å². The van der Waals surface area contributed by atoms with E-state index in [-0.39, 0.29) is 0 Å². The van der Waals surface area contributed by atoms with Crippen molar-refractivity contribution in [2.75, 3.05) is 5.32 Å². The van der Waals surface area contributed by atoms with Gasteiger partial charge in [0.05, 0.1) is 15.2 Å². The number of rotatable bonds is 2. The minimum atomic E-state index is -1.00. The van der Waals surface area contributed by atoms with Crippen molar-refractivity contribution in [3.8, 4) is 0 Å². The van der Waals surface area contributed by atoms with Gasteiger partial charge in [0.25, 0.3) is 5.91 Å². The molecule has 84 valence electrons. The van der Waals surface area contributed by atoms with E-state index < -0.39 is 12.0 Å². The minimum Gasteiger partial charge on any atom is -0.384 e.